The zero-order valence-electron chi connectivity index (χ0n) is 7.60. The van der Waals surface area contributed by atoms with Crippen LogP contribution in [0.15, 0.2) is 35.9 Å². The minimum atomic E-state index is 0.334. The highest BCUT2D eigenvalue weighted by Crippen LogP contribution is 2.03. The van der Waals surface area contributed by atoms with E-state index in [1.165, 1.54) is 0 Å². The largest absolute Gasteiger partial charge is 0.198 e. The van der Waals surface area contributed by atoms with Crippen LogP contribution in [0.5, 0.6) is 0 Å². The van der Waals surface area contributed by atoms with Crippen LogP contribution in [0.4, 0.5) is 0 Å². The standard InChI is InChI=1S/C8H8ClN.C2H6/c1-7(5-6-10)3-4-8(2)9;1-2/h3-4H,1-2,5H2;1-2H3/b4-3-;. The second kappa shape index (κ2) is 10.0. The van der Waals surface area contributed by atoms with E-state index in [0.717, 1.165) is 5.57 Å². The molecule has 0 aliphatic heterocycles. The van der Waals surface area contributed by atoms with Gasteiger partial charge >= 0.3 is 0 Å². The van der Waals surface area contributed by atoms with Crippen molar-refractivity contribution < 1.29 is 0 Å². The number of rotatable bonds is 3. The molecule has 0 heterocycles. The van der Waals surface area contributed by atoms with E-state index in [-0.39, 0.29) is 0 Å². The van der Waals surface area contributed by atoms with Crippen LogP contribution in [0, 0.1) is 11.3 Å². The summed E-state index contributed by atoms with van der Waals surface area (Å²) in [5.41, 5.74) is 0.740. The number of allylic oxidation sites excluding steroid dienone is 4. The summed E-state index contributed by atoms with van der Waals surface area (Å²) in [5, 5.41) is 8.65. The van der Waals surface area contributed by atoms with Gasteiger partial charge in [-0.05, 0) is 11.6 Å². The van der Waals surface area contributed by atoms with Crippen LogP contribution in [0.1, 0.15) is 20.3 Å². The van der Waals surface area contributed by atoms with E-state index in [1.807, 2.05) is 19.9 Å². The molecule has 0 unspecified atom stereocenters. The quantitative estimate of drug-likeness (QED) is 0.611. The Hall–Kier alpha value is -1.00. The highest BCUT2D eigenvalue weighted by molar-refractivity contribution is 6.30. The number of nitrogens with zero attached hydrogens (tertiary/aromatic N) is 1. The molecule has 66 valence electrons. The van der Waals surface area contributed by atoms with Crippen molar-refractivity contribution in [3.63, 3.8) is 0 Å². The van der Waals surface area contributed by atoms with Crippen molar-refractivity contribution >= 4 is 11.6 Å². The molecule has 0 spiro atoms. The highest BCUT2D eigenvalue weighted by Gasteiger charge is 1.84. The van der Waals surface area contributed by atoms with Crippen LogP contribution in [-0.4, -0.2) is 0 Å². The van der Waals surface area contributed by atoms with Gasteiger partial charge in [0.05, 0.1) is 12.5 Å². The van der Waals surface area contributed by atoms with Gasteiger partial charge < -0.3 is 0 Å². The van der Waals surface area contributed by atoms with Gasteiger partial charge in [0.2, 0.25) is 0 Å². The molecule has 0 bridgehead atoms. The summed E-state index contributed by atoms with van der Waals surface area (Å²) in [6, 6.07) is 1.97. The molecule has 1 nitrogen and oxygen atoms in total. The molecule has 0 rings (SSSR count). The molecule has 0 aromatic carbocycles. The first kappa shape index (κ1) is 13.6. The zero-order valence-corrected chi connectivity index (χ0v) is 8.36. The van der Waals surface area contributed by atoms with E-state index >= 15 is 0 Å². The molecule has 0 N–H and O–H groups in total. The van der Waals surface area contributed by atoms with E-state index in [2.05, 4.69) is 13.2 Å². The van der Waals surface area contributed by atoms with Crippen LogP contribution in [0.25, 0.3) is 0 Å². The van der Waals surface area contributed by atoms with Gasteiger partial charge in [-0.25, -0.2) is 0 Å². The molecule has 0 amide bonds. The summed E-state index contributed by atoms with van der Waals surface area (Å²) >= 11 is 5.42. The Labute approximate surface area is 79.7 Å². The van der Waals surface area contributed by atoms with E-state index < -0.39 is 0 Å². The molecule has 0 aromatic heterocycles. The van der Waals surface area contributed by atoms with E-state index in [1.54, 1.807) is 12.2 Å². The van der Waals surface area contributed by atoms with E-state index in [4.69, 9.17) is 16.9 Å². The van der Waals surface area contributed by atoms with Gasteiger partial charge in [0.15, 0.2) is 0 Å². The van der Waals surface area contributed by atoms with Crippen molar-refractivity contribution in [1.29, 1.82) is 5.26 Å². The molecule has 0 saturated carbocycles. The summed E-state index contributed by atoms with van der Waals surface area (Å²) in [6.07, 6.45) is 3.63. The summed E-state index contributed by atoms with van der Waals surface area (Å²) < 4.78 is 0. The molecule has 2 heteroatoms. The first-order valence-electron chi connectivity index (χ1n) is 3.74. The fraction of sp³-hybridized carbons (Fsp3) is 0.300. The van der Waals surface area contributed by atoms with Gasteiger partial charge in [-0.1, -0.05) is 44.7 Å². The predicted molar refractivity (Wildman–Crippen MR) is 54.9 cm³/mol. The minimum Gasteiger partial charge on any atom is -0.198 e. The van der Waals surface area contributed by atoms with Gasteiger partial charge in [-0.2, -0.15) is 5.26 Å². The zero-order chi connectivity index (χ0) is 9.98. The number of nitriles is 1. The SMILES string of the molecule is C=C(Cl)/C=C\C(=C)CC#N.CC. The average molecular weight is 184 g/mol. The Balaban J connectivity index is 0. The molecule has 0 fully saturated rings. The molecule has 0 saturated heterocycles. The lowest BCUT2D eigenvalue weighted by atomic mass is 10.2. The number of halogens is 1. The van der Waals surface area contributed by atoms with Gasteiger partial charge in [0.25, 0.3) is 0 Å². The Kier molecular flexibility index (Phi) is 11.3. The molecule has 12 heavy (non-hydrogen) atoms. The lowest BCUT2D eigenvalue weighted by molar-refractivity contribution is 1.29. The molecule has 0 aliphatic carbocycles. The maximum absolute atomic E-state index is 8.20. The van der Waals surface area contributed by atoms with Crippen molar-refractivity contribution in [2.45, 2.75) is 20.3 Å². The monoisotopic (exact) mass is 183 g/mol. The van der Waals surface area contributed by atoms with Gasteiger partial charge in [-0.3, -0.25) is 0 Å². The van der Waals surface area contributed by atoms with Crippen molar-refractivity contribution in [3.8, 4) is 6.07 Å². The van der Waals surface area contributed by atoms with Crippen molar-refractivity contribution in [2.75, 3.05) is 0 Å². The van der Waals surface area contributed by atoms with Crippen molar-refractivity contribution in [3.05, 3.63) is 35.9 Å². The summed E-state index contributed by atoms with van der Waals surface area (Å²) in [4.78, 5) is 0. The fourth-order valence-electron chi connectivity index (χ4n) is 0.369. The van der Waals surface area contributed by atoms with Crippen LogP contribution in [-0.2, 0) is 0 Å². The topological polar surface area (TPSA) is 23.8 Å². The summed E-state index contributed by atoms with van der Waals surface area (Å²) in [7, 11) is 0. The van der Waals surface area contributed by atoms with E-state index in [9.17, 15) is 0 Å². The first-order valence-corrected chi connectivity index (χ1v) is 4.12. The molecule has 0 radical (unpaired) electrons. The normalized spacial score (nSPS) is 8.17. The predicted octanol–water partition coefficient (Wildman–Crippen LogP) is 3.79. The Morgan fingerprint density at radius 2 is 1.92 bits per heavy atom. The molecular formula is C10H14ClN. The van der Waals surface area contributed by atoms with Crippen LogP contribution >= 0.6 is 11.6 Å². The van der Waals surface area contributed by atoms with Crippen molar-refractivity contribution in [1.82, 2.24) is 0 Å². The average Bonchev–Trinajstić information content (AvgIpc) is 2.05. The number of hydrogen-bond donors (Lipinski definition) is 0. The highest BCUT2D eigenvalue weighted by atomic mass is 35.5. The van der Waals surface area contributed by atoms with Gasteiger partial charge in [-0.15, -0.1) is 0 Å². The Bertz CT molecular complexity index is 208. The van der Waals surface area contributed by atoms with E-state index in [0.29, 0.717) is 11.5 Å². The first-order chi connectivity index (χ1) is 5.66. The molecule has 0 aromatic rings. The third-order valence-electron chi connectivity index (χ3n) is 0.806. The summed E-state index contributed by atoms with van der Waals surface area (Å²) in [5.74, 6) is 0. The Morgan fingerprint density at radius 3 is 2.25 bits per heavy atom. The van der Waals surface area contributed by atoms with Gasteiger partial charge in [0.1, 0.15) is 0 Å². The fourth-order valence-corrected chi connectivity index (χ4v) is 0.432. The maximum atomic E-state index is 8.20. The number of hydrogen-bond acceptors (Lipinski definition) is 1. The smallest absolute Gasteiger partial charge is 0.0669 e. The maximum Gasteiger partial charge on any atom is 0.0669 e. The third-order valence-corrected chi connectivity index (χ3v) is 0.932. The molecule has 0 aliphatic rings. The molecule has 0 atom stereocenters. The third kappa shape index (κ3) is 11.8. The summed E-state index contributed by atoms with van der Waals surface area (Å²) in [6.45, 7) is 11.0. The lowest BCUT2D eigenvalue weighted by Crippen LogP contribution is -1.70. The Morgan fingerprint density at radius 1 is 1.42 bits per heavy atom. The molecular weight excluding hydrogens is 170 g/mol. The van der Waals surface area contributed by atoms with Crippen LogP contribution in [0.2, 0.25) is 0 Å². The van der Waals surface area contributed by atoms with Crippen LogP contribution in [0.3, 0.4) is 0 Å². The minimum absolute atomic E-state index is 0.334. The second-order valence-electron chi connectivity index (χ2n) is 1.77. The van der Waals surface area contributed by atoms with Crippen molar-refractivity contribution in [2.24, 2.45) is 0 Å². The lowest BCUT2D eigenvalue weighted by Gasteiger charge is -1.87. The second-order valence-corrected chi connectivity index (χ2v) is 2.26. The van der Waals surface area contributed by atoms with Gasteiger partial charge in [0, 0.05) is 5.03 Å². The van der Waals surface area contributed by atoms with Crippen LogP contribution < -0.4 is 0 Å².